The largest absolute Gasteiger partial charge is 0.480 e. The highest BCUT2D eigenvalue weighted by Gasteiger charge is 2.19. The van der Waals surface area contributed by atoms with Crippen LogP contribution in [0.15, 0.2) is 18.2 Å². The maximum Gasteiger partial charge on any atom is 0.318 e. The van der Waals surface area contributed by atoms with E-state index in [0.717, 1.165) is 0 Å². The van der Waals surface area contributed by atoms with E-state index in [1.54, 1.807) is 18.2 Å². The molecule has 88 valence electrons. The van der Waals surface area contributed by atoms with Crippen molar-refractivity contribution in [1.82, 2.24) is 0 Å². The molecule has 16 heavy (non-hydrogen) atoms. The molecule has 1 rings (SSSR count). The molecular weight excluding hydrogens is 271 g/mol. The van der Waals surface area contributed by atoms with Gasteiger partial charge in [-0.1, -0.05) is 29.3 Å². The lowest BCUT2D eigenvalue weighted by molar-refractivity contribution is -0.136. The van der Waals surface area contributed by atoms with Crippen LogP contribution in [0.25, 0.3) is 0 Å². The van der Waals surface area contributed by atoms with E-state index in [-0.39, 0.29) is 5.75 Å². The summed E-state index contributed by atoms with van der Waals surface area (Å²) in [6.07, 6.45) is 0. The van der Waals surface area contributed by atoms with E-state index in [1.165, 1.54) is 6.92 Å². The number of hydrogen-bond donors (Lipinski definition) is 1. The quantitative estimate of drug-likeness (QED) is 0.923. The summed E-state index contributed by atoms with van der Waals surface area (Å²) in [5, 5.41) is 8.68. The maximum atomic E-state index is 11.6. The van der Waals surface area contributed by atoms with Crippen molar-refractivity contribution in [1.29, 1.82) is 0 Å². The average Bonchev–Trinajstić information content (AvgIpc) is 2.20. The molecule has 1 N–H and O–H groups in total. The number of hydrogen-bond acceptors (Lipinski definition) is 2. The second-order valence-electron chi connectivity index (χ2n) is 3.24. The summed E-state index contributed by atoms with van der Waals surface area (Å²) in [6.45, 7) is 1.41. The van der Waals surface area contributed by atoms with Crippen molar-refractivity contribution >= 4 is 40.0 Å². The van der Waals surface area contributed by atoms with Crippen LogP contribution < -0.4 is 0 Å². The monoisotopic (exact) mass is 280 g/mol. The summed E-state index contributed by atoms with van der Waals surface area (Å²) in [4.78, 5) is 10.6. The number of rotatable bonds is 4. The minimum Gasteiger partial charge on any atom is -0.480 e. The van der Waals surface area contributed by atoms with Crippen LogP contribution in [0.5, 0.6) is 0 Å². The Kier molecular flexibility index (Phi) is 4.77. The topological polar surface area (TPSA) is 54.4 Å². The summed E-state index contributed by atoms with van der Waals surface area (Å²) in [6, 6.07) is 4.82. The van der Waals surface area contributed by atoms with Crippen LogP contribution in [0, 0.1) is 0 Å². The van der Waals surface area contributed by atoms with Gasteiger partial charge >= 0.3 is 5.97 Å². The fraction of sp³-hybridized carbons (Fsp3) is 0.300. The van der Waals surface area contributed by atoms with Crippen LogP contribution in [0.3, 0.4) is 0 Å². The van der Waals surface area contributed by atoms with E-state index < -0.39 is 22.0 Å². The Hall–Kier alpha value is -0.580. The van der Waals surface area contributed by atoms with Gasteiger partial charge in [-0.3, -0.25) is 9.00 Å². The molecule has 0 fully saturated rings. The van der Waals surface area contributed by atoms with Crippen molar-refractivity contribution in [3.05, 3.63) is 33.8 Å². The van der Waals surface area contributed by atoms with Gasteiger partial charge in [-0.2, -0.15) is 0 Å². The Labute approximate surface area is 106 Å². The predicted molar refractivity (Wildman–Crippen MR) is 65.4 cm³/mol. The summed E-state index contributed by atoms with van der Waals surface area (Å²) in [5.74, 6) is -0.966. The fourth-order valence-electron chi connectivity index (χ4n) is 1.03. The van der Waals surface area contributed by atoms with Gasteiger partial charge in [-0.05, 0) is 24.6 Å². The Balaban J connectivity index is 2.81. The van der Waals surface area contributed by atoms with Gasteiger partial charge in [0, 0.05) is 20.8 Å². The van der Waals surface area contributed by atoms with Crippen LogP contribution in [-0.4, -0.2) is 20.5 Å². The lowest BCUT2D eigenvalue weighted by atomic mass is 10.2. The van der Waals surface area contributed by atoms with Crippen molar-refractivity contribution in [2.24, 2.45) is 0 Å². The molecule has 1 aromatic rings. The van der Waals surface area contributed by atoms with E-state index in [4.69, 9.17) is 28.3 Å². The third-order valence-electron chi connectivity index (χ3n) is 2.05. The zero-order valence-corrected chi connectivity index (χ0v) is 10.8. The number of carbonyl (C=O) groups is 1. The van der Waals surface area contributed by atoms with Crippen LogP contribution in [0.4, 0.5) is 0 Å². The van der Waals surface area contributed by atoms with Gasteiger partial charge in [0.15, 0.2) is 0 Å². The predicted octanol–water partition coefficient (Wildman–Crippen LogP) is 2.72. The average molecular weight is 281 g/mol. The molecule has 0 bridgehead atoms. The van der Waals surface area contributed by atoms with E-state index in [9.17, 15) is 9.00 Å². The van der Waals surface area contributed by atoms with Gasteiger partial charge in [0.25, 0.3) is 0 Å². The van der Waals surface area contributed by atoms with Gasteiger partial charge in [0.05, 0.1) is 5.75 Å². The zero-order valence-electron chi connectivity index (χ0n) is 8.44. The third-order valence-corrected chi connectivity index (χ3v) is 4.23. The molecule has 0 radical (unpaired) electrons. The third kappa shape index (κ3) is 3.47. The van der Waals surface area contributed by atoms with Crippen molar-refractivity contribution in [2.75, 3.05) is 0 Å². The molecule has 0 saturated heterocycles. The van der Waals surface area contributed by atoms with Crippen LogP contribution in [0.1, 0.15) is 12.5 Å². The summed E-state index contributed by atoms with van der Waals surface area (Å²) >= 11 is 11.6. The van der Waals surface area contributed by atoms with Crippen molar-refractivity contribution in [3.63, 3.8) is 0 Å². The number of benzene rings is 1. The molecule has 3 nitrogen and oxygen atoms in total. The number of aliphatic carboxylic acids is 1. The number of halogens is 2. The van der Waals surface area contributed by atoms with Gasteiger partial charge in [-0.25, -0.2) is 0 Å². The molecule has 2 unspecified atom stereocenters. The van der Waals surface area contributed by atoms with E-state index in [2.05, 4.69) is 0 Å². The van der Waals surface area contributed by atoms with Gasteiger partial charge in [0.2, 0.25) is 0 Å². The highest BCUT2D eigenvalue weighted by atomic mass is 35.5. The van der Waals surface area contributed by atoms with Crippen molar-refractivity contribution in [2.45, 2.75) is 17.9 Å². The summed E-state index contributed by atoms with van der Waals surface area (Å²) in [5.41, 5.74) is 0.637. The zero-order chi connectivity index (χ0) is 12.3. The normalized spacial score (nSPS) is 14.4. The molecule has 0 aliphatic rings. The van der Waals surface area contributed by atoms with Gasteiger partial charge in [0.1, 0.15) is 5.25 Å². The van der Waals surface area contributed by atoms with E-state index >= 15 is 0 Å². The molecule has 2 atom stereocenters. The number of carboxylic acid groups (broad SMARTS) is 1. The first-order chi connectivity index (χ1) is 7.41. The SMILES string of the molecule is CC(C(=O)O)S(=O)Cc1ccc(Cl)cc1Cl. The fourth-order valence-corrected chi connectivity index (χ4v) is 2.62. The summed E-state index contributed by atoms with van der Waals surface area (Å²) in [7, 11) is -1.49. The maximum absolute atomic E-state index is 11.6. The summed E-state index contributed by atoms with van der Waals surface area (Å²) < 4.78 is 11.6. The van der Waals surface area contributed by atoms with Gasteiger partial charge in [-0.15, -0.1) is 0 Å². The van der Waals surface area contributed by atoms with Crippen LogP contribution in [0.2, 0.25) is 10.0 Å². The molecule has 6 heteroatoms. The Morgan fingerprint density at radius 2 is 2.12 bits per heavy atom. The first-order valence-corrected chi connectivity index (χ1v) is 6.59. The second kappa shape index (κ2) is 5.66. The van der Waals surface area contributed by atoms with E-state index in [0.29, 0.717) is 15.6 Å². The molecular formula is C10H10Cl2O3S. The molecule has 0 aliphatic carbocycles. The number of carboxylic acids is 1. The molecule has 0 aromatic heterocycles. The van der Waals surface area contributed by atoms with Crippen LogP contribution in [-0.2, 0) is 21.3 Å². The smallest absolute Gasteiger partial charge is 0.318 e. The van der Waals surface area contributed by atoms with Crippen molar-refractivity contribution < 1.29 is 14.1 Å². The highest BCUT2D eigenvalue weighted by Crippen LogP contribution is 2.22. The molecule has 0 aliphatic heterocycles. The minimum atomic E-state index is -1.49. The first kappa shape index (κ1) is 13.5. The molecule has 0 amide bonds. The lowest BCUT2D eigenvalue weighted by Gasteiger charge is -2.08. The second-order valence-corrected chi connectivity index (χ2v) is 5.84. The van der Waals surface area contributed by atoms with Crippen molar-refractivity contribution in [3.8, 4) is 0 Å². The van der Waals surface area contributed by atoms with Gasteiger partial charge < -0.3 is 5.11 Å². The Bertz CT molecular complexity index is 434. The molecule has 0 heterocycles. The standard InChI is InChI=1S/C10H10Cl2O3S/c1-6(10(13)14)16(15)5-7-2-3-8(11)4-9(7)12/h2-4,6H,5H2,1H3,(H,13,14). The lowest BCUT2D eigenvalue weighted by Crippen LogP contribution is -2.22. The molecule has 0 spiro atoms. The Morgan fingerprint density at radius 1 is 1.50 bits per heavy atom. The minimum absolute atomic E-state index is 0.115. The molecule has 0 saturated carbocycles. The van der Waals surface area contributed by atoms with Crippen LogP contribution >= 0.6 is 23.2 Å². The van der Waals surface area contributed by atoms with E-state index in [1.807, 2.05) is 0 Å². The highest BCUT2D eigenvalue weighted by molar-refractivity contribution is 7.85. The first-order valence-electron chi connectivity index (χ1n) is 4.45. The molecule has 1 aromatic carbocycles. The Morgan fingerprint density at radius 3 is 2.62 bits per heavy atom.